The zero-order chi connectivity index (χ0) is 9.97. The van der Waals surface area contributed by atoms with E-state index < -0.39 is 0 Å². The molecular weight excluding hydrogens is 198 g/mol. The topological polar surface area (TPSA) is 46.1 Å². The largest absolute Gasteiger partial charge is 0.347 e. The quantitative estimate of drug-likeness (QED) is 0.691. The Balaban J connectivity index is 1.98. The first-order valence-corrected chi connectivity index (χ1v) is 5.61. The van der Waals surface area contributed by atoms with E-state index in [1.807, 2.05) is 6.92 Å². The van der Waals surface area contributed by atoms with Crippen molar-refractivity contribution in [2.24, 2.45) is 5.92 Å². The summed E-state index contributed by atoms with van der Waals surface area (Å²) in [6, 6.07) is 0. The molecule has 1 aromatic heterocycles. The average molecular weight is 211 g/mol. The second-order valence-corrected chi connectivity index (χ2v) is 4.72. The van der Waals surface area contributed by atoms with Crippen LogP contribution in [0.1, 0.15) is 17.8 Å². The van der Waals surface area contributed by atoms with Crippen LogP contribution in [0.3, 0.4) is 0 Å². The number of carbonyl (C=O) groups excluding carboxylic acids is 1. The highest BCUT2D eigenvalue weighted by atomic mass is 32.1. The molecule has 5 heteroatoms. The van der Waals surface area contributed by atoms with Crippen LogP contribution in [0.4, 0.5) is 5.13 Å². The van der Waals surface area contributed by atoms with Gasteiger partial charge in [-0.3, -0.25) is 0 Å². The van der Waals surface area contributed by atoms with Gasteiger partial charge < -0.3 is 9.69 Å². The van der Waals surface area contributed by atoms with Crippen LogP contribution in [0.2, 0.25) is 0 Å². The maximum atomic E-state index is 10.6. The minimum atomic E-state index is 0.250. The highest BCUT2D eigenvalue weighted by Crippen LogP contribution is 2.24. The van der Waals surface area contributed by atoms with Crippen molar-refractivity contribution >= 4 is 22.8 Å². The summed E-state index contributed by atoms with van der Waals surface area (Å²) in [6.45, 7) is 3.81. The Morgan fingerprint density at radius 3 is 2.64 bits per heavy atom. The summed E-state index contributed by atoms with van der Waals surface area (Å²) in [7, 11) is 0. The van der Waals surface area contributed by atoms with Gasteiger partial charge in [-0.05, 0) is 19.8 Å². The van der Waals surface area contributed by atoms with E-state index in [0.717, 1.165) is 42.4 Å². The number of rotatable bonds is 2. The van der Waals surface area contributed by atoms with E-state index in [-0.39, 0.29) is 5.92 Å². The lowest BCUT2D eigenvalue weighted by Gasteiger charge is -2.28. The third kappa shape index (κ3) is 1.92. The van der Waals surface area contributed by atoms with Crippen molar-refractivity contribution in [3.63, 3.8) is 0 Å². The highest BCUT2D eigenvalue weighted by molar-refractivity contribution is 7.15. The molecule has 1 aliphatic rings. The lowest BCUT2D eigenvalue weighted by molar-refractivity contribution is -0.111. The zero-order valence-electron chi connectivity index (χ0n) is 8.14. The maximum Gasteiger partial charge on any atom is 0.208 e. The van der Waals surface area contributed by atoms with Crippen molar-refractivity contribution in [1.82, 2.24) is 10.2 Å². The van der Waals surface area contributed by atoms with Crippen LogP contribution < -0.4 is 4.90 Å². The Kier molecular flexibility index (Phi) is 2.77. The van der Waals surface area contributed by atoms with Gasteiger partial charge >= 0.3 is 0 Å². The maximum absolute atomic E-state index is 10.6. The number of nitrogens with zero attached hydrogens (tertiary/aromatic N) is 3. The van der Waals surface area contributed by atoms with Crippen LogP contribution in [0.15, 0.2) is 0 Å². The zero-order valence-corrected chi connectivity index (χ0v) is 8.96. The molecule has 0 saturated carbocycles. The first-order valence-electron chi connectivity index (χ1n) is 4.80. The summed E-state index contributed by atoms with van der Waals surface area (Å²) in [5, 5.41) is 10.1. The molecule has 0 radical (unpaired) electrons. The van der Waals surface area contributed by atoms with E-state index in [0.29, 0.717) is 0 Å². The van der Waals surface area contributed by atoms with Crippen LogP contribution in [-0.2, 0) is 4.79 Å². The fourth-order valence-corrected chi connectivity index (χ4v) is 2.38. The monoisotopic (exact) mass is 211 g/mol. The van der Waals surface area contributed by atoms with Crippen molar-refractivity contribution in [3.8, 4) is 0 Å². The molecule has 14 heavy (non-hydrogen) atoms. The van der Waals surface area contributed by atoms with E-state index in [2.05, 4.69) is 15.1 Å². The van der Waals surface area contributed by atoms with Crippen LogP contribution in [0, 0.1) is 12.8 Å². The van der Waals surface area contributed by atoms with Gasteiger partial charge in [-0.2, -0.15) is 0 Å². The van der Waals surface area contributed by atoms with Gasteiger partial charge in [-0.1, -0.05) is 11.3 Å². The molecule has 0 amide bonds. The molecule has 4 nitrogen and oxygen atoms in total. The van der Waals surface area contributed by atoms with Gasteiger partial charge in [0.1, 0.15) is 11.3 Å². The summed E-state index contributed by atoms with van der Waals surface area (Å²) in [5.41, 5.74) is 0. The number of hydrogen-bond donors (Lipinski definition) is 0. The molecule has 0 bridgehead atoms. The molecule has 2 heterocycles. The first kappa shape index (κ1) is 9.58. The minimum absolute atomic E-state index is 0.250. The van der Waals surface area contributed by atoms with Gasteiger partial charge in [0, 0.05) is 19.0 Å². The molecule has 1 aliphatic heterocycles. The molecule has 0 aromatic carbocycles. The van der Waals surface area contributed by atoms with Gasteiger partial charge in [0.25, 0.3) is 0 Å². The van der Waals surface area contributed by atoms with Crippen molar-refractivity contribution in [3.05, 3.63) is 5.01 Å². The Labute approximate surface area is 86.9 Å². The molecule has 2 rings (SSSR count). The third-order valence-corrected chi connectivity index (χ3v) is 3.42. The summed E-state index contributed by atoms with van der Waals surface area (Å²) < 4.78 is 0. The lowest BCUT2D eigenvalue weighted by atomic mass is 9.99. The first-order chi connectivity index (χ1) is 6.79. The SMILES string of the molecule is Cc1nnc(N2CCC(C=O)CC2)s1. The summed E-state index contributed by atoms with van der Waals surface area (Å²) in [4.78, 5) is 12.8. The number of carbonyl (C=O) groups is 1. The van der Waals surface area contributed by atoms with Gasteiger partial charge in [-0.15, -0.1) is 10.2 Å². The number of piperidine rings is 1. The predicted octanol–water partition coefficient (Wildman–Crippen LogP) is 1.26. The van der Waals surface area contributed by atoms with Crippen LogP contribution in [0.5, 0.6) is 0 Å². The molecule has 0 atom stereocenters. The number of aryl methyl sites for hydroxylation is 1. The summed E-state index contributed by atoms with van der Waals surface area (Å²) in [6.07, 6.45) is 2.97. The van der Waals surface area contributed by atoms with Gasteiger partial charge in [0.05, 0.1) is 0 Å². The fraction of sp³-hybridized carbons (Fsp3) is 0.667. The van der Waals surface area contributed by atoms with E-state index in [1.165, 1.54) is 0 Å². The Morgan fingerprint density at radius 1 is 1.43 bits per heavy atom. The second-order valence-electron chi connectivity index (χ2n) is 3.56. The number of aromatic nitrogens is 2. The second kappa shape index (κ2) is 4.04. The van der Waals surface area contributed by atoms with Gasteiger partial charge in [-0.25, -0.2) is 0 Å². The molecule has 76 valence electrons. The summed E-state index contributed by atoms with van der Waals surface area (Å²) in [5.74, 6) is 0.250. The molecule has 0 N–H and O–H groups in total. The highest BCUT2D eigenvalue weighted by Gasteiger charge is 2.20. The number of anilines is 1. The van der Waals surface area contributed by atoms with Crippen molar-refractivity contribution in [1.29, 1.82) is 0 Å². The normalized spacial score (nSPS) is 18.5. The van der Waals surface area contributed by atoms with E-state index in [1.54, 1.807) is 11.3 Å². The molecule has 0 unspecified atom stereocenters. The Morgan fingerprint density at radius 2 is 2.14 bits per heavy atom. The lowest BCUT2D eigenvalue weighted by Crippen LogP contribution is -2.33. The molecular formula is C9H13N3OS. The third-order valence-electron chi connectivity index (χ3n) is 2.52. The van der Waals surface area contributed by atoms with E-state index in [4.69, 9.17) is 0 Å². The Bertz CT molecular complexity index is 318. The van der Waals surface area contributed by atoms with Crippen LogP contribution >= 0.6 is 11.3 Å². The number of aldehydes is 1. The standard InChI is InChI=1S/C9H13N3OS/c1-7-10-11-9(14-7)12-4-2-8(6-13)3-5-12/h6,8H,2-5H2,1H3. The fourth-order valence-electron chi connectivity index (χ4n) is 1.64. The average Bonchev–Trinajstić information content (AvgIpc) is 2.65. The molecule has 1 fully saturated rings. The van der Waals surface area contributed by atoms with Crippen molar-refractivity contribution in [2.45, 2.75) is 19.8 Å². The van der Waals surface area contributed by atoms with E-state index in [9.17, 15) is 4.79 Å². The summed E-state index contributed by atoms with van der Waals surface area (Å²) >= 11 is 1.62. The van der Waals surface area contributed by atoms with Crippen molar-refractivity contribution in [2.75, 3.05) is 18.0 Å². The van der Waals surface area contributed by atoms with Crippen molar-refractivity contribution < 1.29 is 4.79 Å². The molecule has 1 saturated heterocycles. The van der Waals surface area contributed by atoms with E-state index >= 15 is 0 Å². The van der Waals surface area contributed by atoms with Gasteiger partial charge in [0.15, 0.2) is 0 Å². The van der Waals surface area contributed by atoms with Gasteiger partial charge in [0.2, 0.25) is 5.13 Å². The number of hydrogen-bond acceptors (Lipinski definition) is 5. The Hall–Kier alpha value is -0.970. The molecule has 1 aromatic rings. The predicted molar refractivity (Wildman–Crippen MR) is 55.6 cm³/mol. The molecule has 0 spiro atoms. The molecule has 0 aliphatic carbocycles. The minimum Gasteiger partial charge on any atom is -0.347 e. The van der Waals surface area contributed by atoms with Crippen LogP contribution in [0.25, 0.3) is 0 Å². The smallest absolute Gasteiger partial charge is 0.208 e. The van der Waals surface area contributed by atoms with Crippen LogP contribution in [-0.4, -0.2) is 29.6 Å².